The number of nitriles is 1. The zero-order chi connectivity index (χ0) is 27.5. The van der Waals surface area contributed by atoms with Gasteiger partial charge in [0.25, 0.3) is 5.56 Å². The summed E-state index contributed by atoms with van der Waals surface area (Å²) in [5.41, 5.74) is 7.15. The van der Waals surface area contributed by atoms with Gasteiger partial charge in [-0.3, -0.25) is 13.9 Å². The maximum atomic E-state index is 14.1. The molecule has 0 amide bonds. The number of methoxy groups -OCH3 is 1. The second-order valence-electron chi connectivity index (χ2n) is 9.42. The summed E-state index contributed by atoms with van der Waals surface area (Å²) in [5, 5.41) is 9.71. The number of hydrogen-bond acceptors (Lipinski definition) is 7. The summed E-state index contributed by atoms with van der Waals surface area (Å²) in [4.78, 5) is 35.1. The molecule has 1 fully saturated rings. The van der Waals surface area contributed by atoms with Crippen LogP contribution in [0.3, 0.4) is 0 Å². The van der Waals surface area contributed by atoms with Crippen LogP contribution in [0.25, 0.3) is 16.9 Å². The van der Waals surface area contributed by atoms with E-state index in [1.807, 2.05) is 18.2 Å². The molecule has 2 aromatic heterocycles. The lowest BCUT2D eigenvalue weighted by Crippen LogP contribution is -2.44. The number of nitrogens with zero attached hydrogens (tertiary/aromatic N) is 6. The molecule has 0 saturated carbocycles. The average molecular weight is 524 g/mol. The van der Waals surface area contributed by atoms with Gasteiger partial charge in [0.2, 0.25) is 5.95 Å². The Morgan fingerprint density at radius 1 is 1.15 bits per heavy atom. The van der Waals surface area contributed by atoms with E-state index in [0.29, 0.717) is 35.1 Å². The van der Waals surface area contributed by atoms with E-state index in [0.717, 1.165) is 24.0 Å². The maximum Gasteiger partial charge on any atom is 0.337 e. The van der Waals surface area contributed by atoms with Crippen LogP contribution < -0.4 is 26.6 Å². The Labute approximate surface area is 225 Å². The number of fused-ring (bicyclic) bond motifs is 1. The van der Waals surface area contributed by atoms with Crippen molar-refractivity contribution in [1.29, 1.82) is 5.26 Å². The van der Waals surface area contributed by atoms with E-state index in [4.69, 9.17) is 15.5 Å². The fraction of sp³-hybridized carbons (Fsp3) is 0.310. The van der Waals surface area contributed by atoms with Gasteiger partial charge in [-0.1, -0.05) is 24.1 Å². The molecule has 1 saturated heterocycles. The molecule has 10 nitrogen and oxygen atoms in total. The molecule has 2 N–H and O–H groups in total. The van der Waals surface area contributed by atoms with Crippen LogP contribution in [-0.4, -0.2) is 44.9 Å². The third kappa shape index (κ3) is 4.78. The summed E-state index contributed by atoms with van der Waals surface area (Å²) >= 11 is 0. The SMILES string of the molecule is CC#CCn1c(N2CCC[C@@H](N)C2)nc2c1c(=O)n(Cc1cc(OC)ccc1C#N)c(=O)n2-c1ccccc1. The van der Waals surface area contributed by atoms with E-state index in [1.165, 1.54) is 11.7 Å². The van der Waals surface area contributed by atoms with Crippen LogP contribution in [0.4, 0.5) is 5.95 Å². The molecule has 4 aromatic rings. The first-order chi connectivity index (χ1) is 19.0. The lowest BCUT2D eigenvalue weighted by atomic mass is 10.1. The second kappa shape index (κ2) is 10.9. The molecule has 1 atom stereocenters. The van der Waals surface area contributed by atoms with Crippen LogP contribution in [0, 0.1) is 23.2 Å². The molecule has 5 rings (SSSR count). The number of para-hydroxylation sites is 1. The summed E-state index contributed by atoms with van der Waals surface area (Å²) in [5.74, 6) is 7.03. The van der Waals surface area contributed by atoms with Gasteiger partial charge in [0.05, 0.1) is 37.5 Å². The molecule has 198 valence electrons. The third-order valence-corrected chi connectivity index (χ3v) is 6.94. The summed E-state index contributed by atoms with van der Waals surface area (Å²) in [6.45, 7) is 3.16. The number of anilines is 1. The molecular weight excluding hydrogens is 494 g/mol. The fourth-order valence-corrected chi connectivity index (χ4v) is 5.02. The summed E-state index contributed by atoms with van der Waals surface area (Å²) in [6, 6.07) is 16.2. The van der Waals surface area contributed by atoms with E-state index >= 15 is 0 Å². The van der Waals surface area contributed by atoms with Crippen LogP contribution in [0.15, 0.2) is 58.1 Å². The van der Waals surface area contributed by atoms with Crippen LogP contribution >= 0.6 is 0 Å². The van der Waals surface area contributed by atoms with E-state index < -0.39 is 11.2 Å². The molecule has 0 bridgehead atoms. The standard InChI is InChI=1S/C29H29N7O3/c1-3-4-15-34-25-26(32-28(34)33-14-8-9-22(31)19-33)36(23-10-6-5-7-11-23)29(38)35(27(25)37)18-21-16-24(39-2)13-12-20(21)17-30/h5-7,10-13,16,22H,8-9,14-15,18-19,31H2,1-2H3/t22-/m1/s1. The van der Waals surface area contributed by atoms with Gasteiger partial charge in [-0.25, -0.2) is 9.36 Å². The van der Waals surface area contributed by atoms with Crippen molar-refractivity contribution < 1.29 is 4.74 Å². The Kier molecular flexibility index (Phi) is 7.22. The molecule has 39 heavy (non-hydrogen) atoms. The highest BCUT2D eigenvalue weighted by molar-refractivity contribution is 5.77. The molecule has 0 spiro atoms. The van der Waals surface area contributed by atoms with Crippen molar-refractivity contribution in [1.82, 2.24) is 18.7 Å². The van der Waals surface area contributed by atoms with Crippen molar-refractivity contribution in [3.63, 3.8) is 0 Å². The minimum atomic E-state index is -0.557. The zero-order valence-electron chi connectivity index (χ0n) is 21.9. The first-order valence-corrected chi connectivity index (χ1v) is 12.8. The molecule has 0 aliphatic carbocycles. The number of hydrogen-bond donors (Lipinski definition) is 1. The normalized spacial score (nSPS) is 15.0. The lowest BCUT2D eigenvalue weighted by molar-refractivity contribution is 0.414. The van der Waals surface area contributed by atoms with Crippen LogP contribution in [-0.2, 0) is 13.1 Å². The number of ether oxygens (including phenoxy) is 1. The van der Waals surface area contributed by atoms with Crippen molar-refractivity contribution in [2.75, 3.05) is 25.1 Å². The largest absolute Gasteiger partial charge is 0.497 e. The smallest absolute Gasteiger partial charge is 0.337 e. The highest BCUT2D eigenvalue weighted by Gasteiger charge is 2.27. The fourth-order valence-electron chi connectivity index (χ4n) is 5.02. The number of rotatable bonds is 6. The Bertz CT molecular complexity index is 1750. The van der Waals surface area contributed by atoms with Crippen molar-refractivity contribution in [2.45, 2.75) is 38.9 Å². The predicted octanol–water partition coefficient (Wildman–Crippen LogP) is 2.23. The van der Waals surface area contributed by atoms with Gasteiger partial charge in [0.1, 0.15) is 5.75 Å². The number of nitrogens with two attached hydrogens (primary N) is 1. The highest BCUT2D eigenvalue weighted by Crippen LogP contribution is 2.25. The van der Waals surface area contributed by atoms with Gasteiger partial charge in [0, 0.05) is 19.1 Å². The molecular formula is C29H29N7O3. The quantitative estimate of drug-likeness (QED) is 0.384. The molecule has 0 unspecified atom stereocenters. The lowest BCUT2D eigenvalue weighted by Gasteiger charge is -2.31. The summed E-state index contributed by atoms with van der Waals surface area (Å²) in [7, 11) is 1.52. The molecule has 1 aliphatic rings. The average Bonchev–Trinajstić information content (AvgIpc) is 3.33. The predicted molar refractivity (Wildman–Crippen MR) is 149 cm³/mol. The molecule has 3 heterocycles. The van der Waals surface area contributed by atoms with Crippen LogP contribution in [0.5, 0.6) is 5.75 Å². The van der Waals surface area contributed by atoms with Gasteiger partial charge in [0.15, 0.2) is 11.2 Å². The maximum absolute atomic E-state index is 14.1. The minimum Gasteiger partial charge on any atom is -0.497 e. The Morgan fingerprint density at radius 3 is 2.64 bits per heavy atom. The first-order valence-electron chi connectivity index (χ1n) is 12.8. The molecule has 10 heteroatoms. The Hall–Kier alpha value is -4.80. The van der Waals surface area contributed by atoms with Crippen LogP contribution in [0.2, 0.25) is 0 Å². The summed E-state index contributed by atoms with van der Waals surface area (Å²) in [6.07, 6.45) is 1.81. The second-order valence-corrected chi connectivity index (χ2v) is 9.42. The number of benzene rings is 2. The third-order valence-electron chi connectivity index (χ3n) is 6.94. The Morgan fingerprint density at radius 2 is 1.95 bits per heavy atom. The van der Waals surface area contributed by atoms with Gasteiger partial charge in [-0.15, -0.1) is 5.92 Å². The highest BCUT2D eigenvalue weighted by atomic mass is 16.5. The van der Waals surface area contributed by atoms with E-state index in [9.17, 15) is 14.9 Å². The monoisotopic (exact) mass is 523 g/mol. The van der Waals surface area contributed by atoms with E-state index in [1.54, 1.807) is 41.8 Å². The van der Waals surface area contributed by atoms with Gasteiger partial charge >= 0.3 is 5.69 Å². The zero-order valence-corrected chi connectivity index (χ0v) is 21.9. The van der Waals surface area contributed by atoms with Crippen molar-refractivity contribution in [2.24, 2.45) is 5.73 Å². The van der Waals surface area contributed by atoms with Gasteiger partial charge in [-0.05, 0) is 55.7 Å². The van der Waals surface area contributed by atoms with E-state index in [-0.39, 0.29) is 30.3 Å². The van der Waals surface area contributed by atoms with Gasteiger partial charge in [-0.2, -0.15) is 10.2 Å². The van der Waals surface area contributed by atoms with Crippen LogP contribution in [0.1, 0.15) is 30.9 Å². The molecule has 0 radical (unpaired) electrons. The van der Waals surface area contributed by atoms with Crippen molar-refractivity contribution in [3.8, 4) is 29.3 Å². The summed E-state index contributed by atoms with van der Waals surface area (Å²) < 4.78 is 9.71. The number of imidazole rings is 1. The Balaban J connectivity index is 1.83. The minimum absolute atomic E-state index is 0.0188. The van der Waals surface area contributed by atoms with Crippen molar-refractivity contribution >= 4 is 17.1 Å². The first kappa shape index (κ1) is 25.8. The van der Waals surface area contributed by atoms with E-state index in [2.05, 4.69) is 22.8 Å². The number of aromatic nitrogens is 4. The molecule has 2 aromatic carbocycles. The van der Waals surface area contributed by atoms with Crippen molar-refractivity contribution in [3.05, 3.63) is 80.5 Å². The van der Waals surface area contributed by atoms with Gasteiger partial charge < -0.3 is 15.4 Å². The number of piperidine rings is 1. The topological polar surface area (TPSA) is 124 Å². The molecule has 1 aliphatic heterocycles.